The van der Waals surface area contributed by atoms with Gasteiger partial charge < -0.3 is 15.4 Å². The molecule has 4 heterocycles. The highest BCUT2D eigenvalue weighted by atomic mass is 16.5. The average molecular weight is 367 g/mol. The van der Waals surface area contributed by atoms with E-state index in [4.69, 9.17) is 9.72 Å². The highest BCUT2D eigenvalue weighted by Crippen LogP contribution is 2.25. The van der Waals surface area contributed by atoms with E-state index in [-0.39, 0.29) is 6.10 Å². The minimum atomic E-state index is 0.115. The molecule has 2 N–H and O–H groups in total. The first kappa shape index (κ1) is 17.8. The highest BCUT2D eigenvalue weighted by Gasteiger charge is 2.16. The topological polar surface area (TPSA) is 89.8 Å². The van der Waals surface area contributed by atoms with Gasteiger partial charge in [-0.2, -0.15) is 5.10 Å². The molecule has 1 aliphatic rings. The monoisotopic (exact) mass is 367 g/mol. The van der Waals surface area contributed by atoms with Gasteiger partial charge in [0.15, 0.2) is 5.82 Å². The number of aromatic nitrogens is 5. The van der Waals surface area contributed by atoms with Crippen molar-refractivity contribution in [3.63, 3.8) is 0 Å². The lowest BCUT2D eigenvalue weighted by Gasteiger charge is -2.24. The molecule has 3 aromatic heterocycles. The summed E-state index contributed by atoms with van der Waals surface area (Å²) in [6.45, 7) is 8.36. The van der Waals surface area contributed by atoms with Crippen molar-refractivity contribution in [3.05, 3.63) is 30.9 Å². The summed E-state index contributed by atoms with van der Waals surface area (Å²) >= 11 is 0. The summed E-state index contributed by atoms with van der Waals surface area (Å²) in [5, 5.41) is 11.2. The van der Waals surface area contributed by atoms with Crippen LogP contribution < -0.4 is 10.6 Å². The van der Waals surface area contributed by atoms with Gasteiger partial charge in [-0.3, -0.25) is 9.67 Å². The number of hydrogen-bond donors (Lipinski definition) is 2. The van der Waals surface area contributed by atoms with Crippen molar-refractivity contribution >= 4 is 16.9 Å². The summed E-state index contributed by atoms with van der Waals surface area (Å²) in [6, 6.07) is 1.96. The van der Waals surface area contributed by atoms with Gasteiger partial charge in [-0.1, -0.05) is 13.8 Å². The number of hydrogen-bond acceptors (Lipinski definition) is 7. The van der Waals surface area contributed by atoms with Gasteiger partial charge in [-0.15, -0.1) is 0 Å². The van der Waals surface area contributed by atoms with Gasteiger partial charge in [0, 0.05) is 50.3 Å². The highest BCUT2D eigenvalue weighted by molar-refractivity contribution is 5.88. The molecule has 27 heavy (non-hydrogen) atoms. The molecule has 0 spiro atoms. The molecule has 8 heteroatoms. The van der Waals surface area contributed by atoms with Crippen LogP contribution in [0.5, 0.6) is 0 Å². The fourth-order valence-corrected chi connectivity index (χ4v) is 3.17. The summed E-state index contributed by atoms with van der Waals surface area (Å²) in [5.41, 5.74) is 3.38. The third-order valence-electron chi connectivity index (χ3n) is 4.44. The van der Waals surface area contributed by atoms with E-state index in [2.05, 4.69) is 39.5 Å². The predicted octanol–water partition coefficient (Wildman–Crippen LogP) is 1.94. The minimum Gasteiger partial charge on any atom is -0.374 e. The van der Waals surface area contributed by atoms with Crippen LogP contribution in [-0.4, -0.2) is 57.1 Å². The van der Waals surface area contributed by atoms with Crippen LogP contribution in [0.4, 0.5) is 5.82 Å². The van der Waals surface area contributed by atoms with Crippen LogP contribution in [-0.2, 0) is 11.3 Å². The fraction of sp³-hybridized carbons (Fsp3) is 0.474. The molecule has 142 valence electrons. The van der Waals surface area contributed by atoms with Crippen molar-refractivity contribution in [1.82, 2.24) is 30.0 Å². The summed E-state index contributed by atoms with van der Waals surface area (Å²) in [5.74, 6) is 1.26. The molecule has 1 saturated heterocycles. The summed E-state index contributed by atoms with van der Waals surface area (Å²) < 4.78 is 7.72. The standard InChI is InChI=1S/C19H25N7O/c1-13(2)11-26-12-14(8-24-26)16-7-17-18(22-4-3-21-17)19(25-16)23-10-15-9-20-5-6-27-15/h3-4,7-8,12-13,15,20H,5-6,9-11H2,1-2H3,(H,23,25)/t15-/m0/s1. The Morgan fingerprint density at radius 2 is 2.22 bits per heavy atom. The van der Waals surface area contributed by atoms with Crippen LogP contribution in [0.1, 0.15) is 13.8 Å². The van der Waals surface area contributed by atoms with E-state index >= 15 is 0 Å². The molecule has 0 aliphatic carbocycles. The lowest BCUT2D eigenvalue weighted by Crippen LogP contribution is -2.42. The number of nitrogens with one attached hydrogen (secondary N) is 2. The van der Waals surface area contributed by atoms with Crippen molar-refractivity contribution in [2.45, 2.75) is 26.5 Å². The van der Waals surface area contributed by atoms with Gasteiger partial charge in [0.2, 0.25) is 0 Å². The quantitative estimate of drug-likeness (QED) is 0.688. The van der Waals surface area contributed by atoms with Gasteiger partial charge in [0.1, 0.15) is 5.52 Å². The summed E-state index contributed by atoms with van der Waals surface area (Å²) in [6.07, 6.45) is 7.39. The molecule has 0 aromatic carbocycles. The second-order valence-corrected chi connectivity index (χ2v) is 7.20. The Hall–Kier alpha value is -2.58. The molecular weight excluding hydrogens is 342 g/mol. The van der Waals surface area contributed by atoms with E-state index < -0.39 is 0 Å². The fourth-order valence-electron chi connectivity index (χ4n) is 3.17. The zero-order chi connectivity index (χ0) is 18.6. The zero-order valence-corrected chi connectivity index (χ0v) is 15.7. The second kappa shape index (κ2) is 7.98. The normalized spacial score (nSPS) is 17.5. The largest absolute Gasteiger partial charge is 0.374 e. The average Bonchev–Trinajstić information content (AvgIpc) is 3.14. The van der Waals surface area contributed by atoms with Crippen molar-refractivity contribution < 1.29 is 4.74 Å². The molecule has 0 unspecified atom stereocenters. The van der Waals surface area contributed by atoms with Crippen molar-refractivity contribution in [1.29, 1.82) is 0 Å². The van der Waals surface area contributed by atoms with Gasteiger partial charge >= 0.3 is 0 Å². The maximum absolute atomic E-state index is 5.76. The first-order valence-electron chi connectivity index (χ1n) is 9.40. The number of fused-ring (bicyclic) bond motifs is 1. The van der Waals surface area contributed by atoms with Crippen LogP contribution in [0.3, 0.4) is 0 Å². The second-order valence-electron chi connectivity index (χ2n) is 7.20. The van der Waals surface area contributed by atoms with E-state index in [0.717, 1.165) is 54.3 Å². The Kier molecular flexibility index (Phi) is 5.26. The number of nitrogens with zero attached hydrogens (tertiary/aromatic N) is 5. The van der Waals surface area contributed by atoms with Gasteiger partial charge in [-0.05, 0) is 12.0 Å². The third-order valence-corrected chi connectivity index (χ3v) is 4.44. The molecular formula is C19H25N7O. The van der Waals surface area contributed by atoms with Crippen molar-refractivity contribution in [3.8, 4) is 11.3 Å². The molecule has 1 fully saturated rings. The van der Waals surface area contributed by atoms with Crippen LogP contribution in [0.25, 0.3) is 22.3 Å². The smallest absolute Gasteiger partial charge is 0.154 e. The molecule has 8 nitrogen and oxygen atoms in total. The Morgan fingerprint density at radius 1 is 1.33 bits per heavy atom. The predicted molar refractivity (Wildman–Crippen MR) is 104 cm³/mol. The first-order valence-corrected chi connectivity index (χ1v) is 9.40. The summed E-state index contributed by atoms with van der Waals surface area (Å²) in [7, 11) is 0. The molecule has 1 atom stereocenters. The van der Waals surface area contributed by atoms with Crippen LogP contribution in [0.15, 0.2) is 30.9 Å². The maximum atomic E-state index is 5.76. The molecule has 4 rings (SSSR count). The van der Waals surface area contributed by atoms with Crippen LogP contribution in [0, 0.1) is 5.92 Å². The molecule has 0 bridgehead atoms. The number of morpholine rings is 1. The Bertz CT molecular complexity index is 902. The first-order chi connectivity index (χ1) is 13.2. The number of pyridine rings is 1. The zero-order valence-electron chi connectivity index (χ0n) is 15.7. The SMILES string of the molecule is CC(C)Cn1cc(-c2cc3nccnc3c(NC[C@@H]3CNCCO3)n2)cn1. The van der Waals surface area contributed by atoms with Crippen molar-refractivity contribution in [2.75, 3.05) is 31.6 Å². The number of anilines is 1. The van der Waals surface area contributed by atoms with E-state index in [1.165, 1.54) is 0 Å². The summed E-state index contributed by atoms with van der Waals surface area (Å²) in [4.78, 5) is 13.7. The van der Waals surface area contributed by atoms with E-state index in [0.29, 0.717) is 12.5 Å². The Labute approximate surface area is 158 Å². The molecule has 0 radical (unpaired) electrons. The minimum absolute atomic E-state index is 0.115. The van der Waals surface area contributed by atoms with E-state index in [1.54, 1.807) is 12.4 Å². The van der Waals surface area contributed by atoms with Gasteiger partial charge in [0.05, 0.1) is 30.1 Å². The van der Waals surface area contributed by atoms with Crippen LogP contribution >= 0.6 is 0 Å². The van der Waals surface area contributed by atoms with Gasteiger partial charge in [-0.25, -0.2) is 9.97 Å². The lowest BCUT2D eigenvalue weighted by atomic mass is 10.2. The van der Waals surface area contributed by atoms with Crippen LogP contribution in [0.2, 0.25) is 0 Å². The molecule has 1 aliphatic heterocycles. The van der Waals surface area contributed by atoms with Crippen molar-refractivity contribution in [2.24, 2.45) is 5.92 Å². The third kappa shape index (κ3) is 4.23. The molecule has 0 amide bonds. The number of ether oxygens (including phenoxy) is 1. The Balaban J connectivity index is 1.62. The maximum Gasteiger partial charge on any atom is 0.154 e. The lowest BCUT2D eigenvalue weighted by molar-refractivity contribution is 0.0372. The van der Waals surface area contributed by atoms with Gasteiger partial charge in [0.25, 0.3) is 0 Å². The number of rotatable bonds is 6. The van der Waals surface area contributed by atoms with E-state index in [9.17, 15) is 0 Å². The Morgan fingerprint density at radius 3 is 3.04 bits per heavy atom. The molecule has 0 saturated carbocycles. The van der Waals surface area contributed by atoms with E-state index in [1.807, 2.05) is 23.1 Å². The molecule has 3 aromatic rings.